The van der Waals surface area contributed by atoms with Gasteiger partial charge in [0.05, 0.1) is 12.2 Å². The summed E-state index contributed by atoms with van der Waals surface area (Å²) in [6.07, 6.45) is 7.63. The van der Waals surface area contributed by atoms with Crippen LogP contribution in [0.5, 0.6) is 0 Å². The number of hydrogen-bond donors (Lipinski definition) is 1. The molecule has 0 bridgehead atoms. The van der Waals surface area contributed by atoms with Gasteiger partial charge >= 0.3 is 0 Å². The average Bonchev–Trinajstić information content (AvgIpc) is 2.89. The van der Waals surface area contributed by atoms with Crippen molar-refractivity contribution in [2.24, 2.45) is 0 Å². The van der Waals surface area contributed by atoms with E-state index in [0.29, 0.717) is 12.1 Å². The molecule has 0 saturated heterocycles. The van der Waals surface area contributed by atoms with E-state index in [-0.39, 0.29) is 18.6 Å². The molecule has 1 aliphatic carbocycles. The lowest BCUT2D eigenvalue weighted by atomic mass is 10.1. The van der Waals surface area contributed by atoms with Gasteiger partial charge in [-0.15, -0.1) is 0 Å². The molecule has 2 rings (SSSR count). The number of carbonyl (C=O) groups excluding carboxylic acids is 1. The predicted octanol–water partition coefficient (Wildman–Crippen LogP) is 2.22. The molecule has 1 N–H and O–H groups in total. The van der Waals surface area contributed by atoms with Crippen molar-refractivity contribution < 1.29 is 9.90 Å². The molecule has 0 atom stereocenters. The minimum absolute atomic E-state index is 0.00364. The zero-order valence-corrected chi connectivity index (χ0v) is 11.8. The molecule has 1 aliphatic rings. The van der Waals surface area contributed by atoms with Gasteiger partial charge in [-0.05, 0) is 34.8 Å². The summed E-state index contributed by atoms with van der Waals surface area (Å²) in [6.45, 7) is 0.402. The van der Waals surface area contributed by atoms with Gasteiger partial charge in [0.2, 0.25) is 0 Å². The molecular formula is C13H17BrN2O2. The summed E-state index contributed by atoms with van der Waals surface area (Å²) < 4.78 is 0.795. The van der Waals surface area contributed by atoms with Crippen molar-refractivity contribution in [2.45, 2.75) is 31.7 Å². The minimum atomic E-state index is -0.0373. The molecule has 0 spiro atoms. The van der Waals surface area contributed by atoms with Crippen molar-refractivity contribution in [1.29, 1.82) is 0 Å². The first-order valence-corrected chi connectivity index (χ1v) is 7.04. The van der Waals surface area contributed by atoms with Crippen molar-refractivity contribution in [3.8, 4) is 0 Å². The second kappa shape index (κ2) is 6.29. The second-order valence-corrected chi connectivity index (χ2v) is 5.47. The molecule has 1 saturated carbocycles. The molecule has 0 aliphatic heterocycles. The Balaban J connectivity index is 2.17. The summed E-state index contributed by atoms with van der Waals surface area (Å²) in [5, 5.41) is 9.13. The number of carbonyl (C=O) groups is 1. The number of hydrogen-bond acceptors (Lipinski definition) is 3. The summed E-state index contributed by atoms with van der Waals surface area (Å²) in [5.41, 5.74) is 0.574. The Kier molecular flexibility index (Phi) is 4.72. The predicted molar refractivity (Wildman–Crippen MR) is 72.3 cm³/mol. The zero-order chi connectivity index (χ0) is 13.0. The van der Waals surface area contributed by atoms with E-state index in [9.17, 15) is 4.79 Å². The molecule has 1 aromatic rings. The largest absolute Gasteiger partial charge is 0.395 e. The maximum atomic E-state index is 12.4. The Labute approximate surface area is 115 Å². The van der Waals surface area contributed by atoms with Crippen LogP contribution < -0.4 is 0 Å². The van der Waals surface area contributed by atoms with E-state index in [1.165, 1.54) is 0 Å². The smallest absolute Gasteiger partial charge is 0.255 e. The quantitative estimate of drug-likeness (QED) is 0.927. The molecule has 0 radical (unpaired) electrons. The van der Waals surface area contributed by atoms with Crippen LogP contribution in [0.15, 0.2) is 22.9 Å². The molecule has 0 unspecified atom stereocenters. The molecule has 0 aromatic carbocycles. The third kappa shape index (κ3) is 3.09. The Morgan fingerprint density at radius 2 is 2.17 bits per heavy atom. The van der Waals surface area contributed by atoms with Crippen molar-refractivity contribution in [2.75, 3.05) is 13.2 Å². The Bertz CT molecular complexity index is 419. The fourth-order valence-corrected chi connectivity index (χ4v) is 2.83. The number of pyridine rings is 1. The van der Waals surface area contributed by atoms with Crippen molar-refractivity contribution in [1.82, 2.24) is 9.88 Å². The standard InChI is InChI=1S/C13H17BrN2O2/c14-11-7-10(8-15-9-11)13(18)16(5-6-17)12-3-1-2-4-12/h7-9,12,17H,1-6H2. The van der Waals surface area contributed by atoms with Gasteiger partial charge in [-0.3, -0.25) is 9.78 Å². The van der Waals surface area contributed by atoms with Crippen molar-refractivity contribution in [3.63, 3.8) is 0 Å². The van der Waals surface area contributed by atoms with Crippen LogP contribution in [0, 0.1) is 0 Å². The molecule has 1 fully saturated rings. The molecule has 1 aromatic heterocycles. The van der Waals surface area contributed by atoms with E-state index >= 15 is 0 Å². The summed E-state index contributed by atoms with van der Waals surface area (Å²) in [5.74, 6) is -0.0373. The summed E-state index contributed by atoms with van der Waals surface area (Å²) in [7, 11) is 0. The van der Waals surface area contributed by atoms with Crippen molar-refractivity contribution in [3.05, 3.63) is 28.5 Å². The zero-order valence-electron chi connectivity index (χ0n) is 10.2. The van der Waals surface area contributed by atoms with E-state index in [0.717, 1.165) is 30.2 Å². The summed E-state index contributed by atoms with van der Waals surface area (Å²) in [4.78, 5) is 18.2. The van der Waals surface area contributed by atoms with Crippen LogP contribution in [-0.2, 0) is 0 Å². The first-order valence-electron chi connectivity index (χ1n) is 6.24. The lowest BCUT2D eigenvalue weighted by Crippen LogP contribution is -2.40. The SMILES string of the molecule is O=C(c1cncc(Br)c1)N(CCO)C1CCCC1. The number of aliphatic hydroxyl groups is 1. The first kappa shape index (κ1) is 13.5. The molecule has 98 valence electrons. The minimum Gasteiger partial charge on any atom is -0.395 e. The second-order valence-electron chi connectivity index (χ2n) is 4.55. The Morgan fingerprint density at radius 3 is 2.78 bits per heavy atom. The molecule has 4 nitrogen and oxygen atoms in total. The Hall–Kier alpha value is -0.940. The van der Waals surface area contributed by atoms with Gasteiger partial charge in [-0.2, -0.15) is 0 Å². The highest BCUT2D eigenvalue weighted by Gasteiger charge is 2.27. The normalized spacial score (nSPS) is 15.9. The highest BCUT2D eigenvalue weighted by molar-refractivity contribution is 9.10. The highest BCUT2D eigenvalue weighted by Crippen LogP contribution is 2.25. The monoisotopic (exact) mass is 312 g/mol. The van der Waals surface area contributed by atoms with E-state index in [2.05, 4.69) is 20.9 Å². The molecule has 5 heteroatoms. The van der Waals surface area contributed by atoms with Crippen LogP contribution in [-0.4, -0.2) is 40.1 Å². The first-order chi connectivity index (χ1) is 8.72. The van der Waals surface area contributed by atoms with Crippen LogP contribution in [0.4, 0.5) is 0 Å². The van der Waals surface area contributed by atoms with Gasteiger partial charge in [-0.1, -0.05) is 12.8 Å². The van der Waals surface area contributed by atoms with Crippen molar-refractivity contribution >= 4 is 21.8 Å². The fourth-order valence-electron chi connectivity index (χ4n) is 2.47. The van der Waals surface area contributed by atoms with Gasteiger partial charge in [0, 0.05) is 29.5 Å². The third-order valence-corrected chi connectivity index (χ3v) is 3.75. The maximum Gasteiger partial charge on any atom is 0.255 e. The number of halogens is 1. The molecular weight excluding hydrogens is 296 g/mol. The number of rotatable bonds is 4. The number of aromatic nitrogens is 1. The van der Waals surface area contributed by atoms with Crippen LogP contribution in [0.2, 0.25) is 0 Å². The molecule has 18 heavy (non-hydrogen) atoms. The van der Waals surface area contributed by atoms with Crippen LogP contribution in [0.1, 0.15) is 36.0 Å². The van der Waals surface area contributed by atoms with Gasteiger partial charge in [0.15, 0.2) is 0 Å². The van der Waals surface area contributed by atoms with Crippen LogP contribution in [0.3, 0.4) is 0 Å². The average molecular weight is 313 g/mol. The Morgan fingerprint density at radius 1 is 1.44 bits per heavy atom. The lowest BCUT2D eigenvalue weighted by molar-refractivity contribution is 0.0637. The van der Waals surface area contributed by atoms with Gasteiger partial charge < -0.3 is 10.0 Å². The van der Waals surface area contributed by atoms with Gasteiger partial charge in [-0.25, -0.2) is 0 Å². The van der Waals surface area contributed by atoms with Crippen LogP contribution >= 0.6 is 15.9 Å². The lowest BCUT2D eigenvalue weighted by Gasteiger charge is -2.28. The van der Waals surface area contributed by atoms with E-state index in [4.69, 9.17) is 5.11 Å². The molecule has 1 heterocycles. The number of nitrogens with zero attached hydrogens (tertiary/aromatic N) is 2. The summed E-state index contributed by atoms with van der Waals surface area (Å²) >= 11 is 3.32. The van der Waals surface area contributed by atoms with Gasteiger partial charge in [0.1, 0.15) is 0 Å². The van der Waals surface area contributed by atoms with E-state index in [1.54, 1.807) is 23.4 Å². The molecule has 1 amide bonds. The fraction of sp³-hybridized carbons (Fsp3) is 0.538. The maximum absolute atomic E-state index is 12.4. The summed E-state index contributed by atoms with van der Waals surface area (Å²) in [6, 6.07) is 2.04. The van der Waals surface area contributed by atoms with E-state index < -0.39 is 0 Å². The number of aliphatic hydroxyl groups excluding tert-OH is 1. The third-order valence-electron chi connectivity index (χ3n) is 3.32. The van der Waals surface area contributed by atoms with E-state index in [1.807, 2.05) is 0 Å². The number of amides is 1. The van der Waals surface area contributed by atoms with Gasteiger partial charge in [0.25, 0.3) is 5.91 Å². The highest BCUT2D eigenvalue weighted by atomic mass is 79.9. The topological polar surface area (TPSA) is 53.4 Å². The van der Waals surface area contributed by atoms with Crippen LogP contribution in [0.25, 0.3) is 0 Å².